The summed E-state index contributed by atoms with van der Waals surface area (Å²) in [6, 6.07) is 2.05. The Kier molecular flexibility index (Phi) is 7.61. The number of carbonyl (C=O) groups excluding carboxylic acids is 1. The molecule has 10 nitrogen and oxygen atoms in total. The molecule has 0 spiro atoms. The molecule has 4 heterocycles. The van der Waals surface area contributed by atoms with Crippen LogP contribution in [0.25, 0.3) is 0 Å². The number of anilines is 4. The first-order valence-electron chi connectivity index (χ1n) is 11.6. The smallest absolute Gasteiger partial charge is 0.350 e. The van der Waals surface area contributed by atoms with Crippen molar-refractivity contribution in [2.24, 2.45) is 5.92 Å². The Hall–Kier alpha value is -2.50. The number of piperazine rings is 1. The second-order valence-electron chi connectivity index (χ2n) is 8.61. The van der Waals surface area contributed by atoms with Crippen LogP contribution in [0.4, 0.5) is 22.7 Å². The van der Waals surface area contributed by atoms with Crippen LogP contribution in [-0.4, -0.2) is 90.5 Å². The third-order valence-electron chi connectivity index (χ3n) is 6.10. The van der Waals surface area contributed by atoms with Gasteiger partial charge in [-0.05, 0) is 39.7 Å². The molecule has 0 aliphatic carbocycles. The number of aryl methyl sites for hydroxylation is 1. The highest BCUT2D eigenvalue weighted by Gasteiger charge is 2.24. The third-order valence-corrected chi connectivity index (χ3v) is 7.16. The van der Waals surface area contributed by atoms with E-state index in [-0.39, 0.29) is 18.5 Å². The molecule has 180 valence electrons. The van der Waals surface area contributed by atoms with E-state index in [4.69, 9.17) is 14.7 Å². The maximum Gasteiger partial charge on any atom is 0.350 e. The summed E-state index contributed by atoms with van der Waals surface area (Å²) in [5, 5.41) is 13.4. The molecular weight excluding hydrogens is 442 g/mol. The molecule has 2 aliphatic rings. The summed E-state index contributed by atoms with van der Waals surface area (Å²) in [4.78, 5) is 33.6. The number of piperidine rings is 1. The van der Waals surface area contributed by atoms with Gasteiger partial charge in [0.2, 0.25) is 5.95 Å². The molecule has 0 amide bonds. The molecule has 11 heteroatoms. The Bertz CT molecular complexity index is 961. The number of thiazole rings is 1. The molecule has 2 aromatic heterocycles. The van der Waals surface area contributed by atoms with Crippen molar-refractivity contribution in [3.05, 3.63) is 16.6 Å². The zero-order valence-electron chi connectivity index (χ0n) is 19.6. The summed E-state index contributed by atoms with van der Waals surface area (Å²) in [6.07, 6.45) is 2.06. The molecule has 2 N–H and O–H groups in total. The van der Waals surface area contributed by atoms with Gasteiger partial charge in [0.1, 0.15) is 16.5 Å². The van der Waals surface area contributed by atoms with Crippen molar-refractivity contribution in [1.29, 1.82) is 0 Å². The highest BCUT2D eigenvalue weighted by atomic mass is 32.1. The normalized spacial score (nSPS) is 19.6. The topological polar surface area (TPSA) is 107 Å². The lowest BCUT2D eigenvalue weighted by molar-refractivity contribution is 0.0531. The molecule has 0 aromatic carbocycles. The number of nitrogens with zero attached hydrogens (tertiary/aromatic N) is 6. The monoisotopic (exact) mass is 475 g/mol. The Morgan fingerprint density at radius 3 is 2.61 bits per heavy atom. The number of hydrogen-bond acceptors (Lipinski definition) is 11. The fraction of sp³-hybridized carbons (Fsp3) is 0.636. The second kappa shape index (κ2) is 10.6. The molecule has 0 saturated carbocycles. The molecule has 4 rings (SSSR count). The number of aromatic nitrogens is 3. The largest absolute Gasteiger partial charge is 0.462 e. The predicted octanol–water partition coefficient (Wildman–Crippen LogP) is 2.12. The van der Waals surface area contributed by atoms with Crippen molar-refractivity contribution >= 4 is 40.0 Å². The van der Waals surface area contributed by atoms with Gasteiger partial charge in [-0.1, -0.05) is 11.3 Å². The molecule has 2 aliphatic heterocycles. The number of aliphatic hydroxyl groups is 1. The van der Waals surface area contributed by atoms with E-state index >= 15 is 0 Å². The van der Waals surface area contributed by atoms with Crippen molar-refractivity contribution in [2.45, 2.75) is 26.7 Å². The summed E-state index contributed by atoms with van der Waals surface area (Å²) in [5.41, 5.74) is 0.623. The SMILES string of the molecule is CCOC(=O)c1sc(Nc2nc(N3CCN(C)CC3)cc(N3CCCC(CO)C3)n2)nc1C. The third kappa shape index (κ3) is 5.71. The lowest BCUT2D eigenvalue weighted by Crippen LogP contribution is -2.45. The minimum Gasteiger partial charge on any atom is -0.462 e. The summed E-state index contributed by atoms with van der Waals surface area (Å²) < 4.78 is 5.13. The maximum atomic E-state index is 12.2. The maximum absolute atomic E-state index is 12.2. The zero-order valence-corrected chi connectivity index (χ0v) is 20.4. The Labute approximate surface area is 198 Å². The lowest BCUT2D eigenvalue weighted by Gasteiger charge is -2.35. The summed E-state index contributed by atoms with van der Waals surface area (Å²) in [7, 11) is 2.13. The van der Waals surface area contributed by atoms with Crippen molar-refractivity contribution in [3.63, 3.8) is 0 Å². The number of esters is 1. The van der Waals surface area contributed by atoms with Crippen molar-refractivity contribution in [1.82, 2.24) is 19.9 Å². The van der Waals surface area contributed by atoms with Gasteiger partial charge in [0.05, 0.1) is 12.3 Å². The lowest BCUT2D eigenvalue weighted by atomic mass is 9.99. The van der Waals surface area contributed by atoms with E-state index in [1.807, 2.05) is 6.07 Å². The van der Waals surface area contributed by atoms with Crippen LogP contribution in [0.3, 0.4) is 0 Å². The minimum absolute atomic E-state index is 0.188. The van der Waals surface area contributed by atoms with Gasteiger partial charge in [-0.2, -0.15) is 9.97 Å². The van der Waals surface area contributed by atoms with E-state index in [0.29, 0.717) is 28.3 Å². The van der Waals surface area contributed by atoms with E-state index in [0.717, 1.165) is 63.7 Å². The van der Waals surface area contributed by atoms with E-state index in [1.165, 1.54) is 11.3 Å². The van der Waals surface area contributed by atoms with Crippen molar-refractivity contribution < 1.29 is 14.6 Å². The molecule has 33 heavy (non-hydrogen) atoms. The Balaban J connectivity index is 1.62. The molecule has 1 unspecified atom stereocenters. The van der Waals surface area contributed by atoms with Crippen LogP contribution in [0.15, 0.2) is 6.07 Å². The molecule has 2 aromatic rings. The zero-order chi connectivity index (χ0) is 23.4. The second-order valence-corrected chi connectivity index (χ2v) is 9.61. The van der Waals surface area contributed by atoms with Gasteiger partial charge >= 0.3 is 5.97 Å². The van der Waals surface area contributed by atoms with Crippen LogP contribution in [0.2, 0.25) is 0 Å². The highest BCUT2D eigenvalue weighted by Crippen LogP contribution is 2.29. The molecule has 0 radical (unpaired) electrons. The van der Waals surface area contributed by atoms with Gasteiger partial charge in [-0.25, -0.2) is 9.78 Å². The number of rotatable bonds is 7. The van der Waals surface area contributed by atoms with Gasteiger partial charge in [0, 0.05) is 51.9 Å². The van der Waals surface area contributed by atoms with Gasteiger partial charge in [-0.3, -0.25) is 5.32 Å². The molecule has 1 atom stereocenters. The summed E-state index contributed by atoms with van der Waals surface area (Å²) in [5.74, 6) is 2.07. The Morgan fingerprint density at radius 1 is 1.18 bits per heavy atom. The number of nitrogens with one attached hydrogen (secondary N) is 1. The van der Waals surface area contributed by atoms with Gasteiger partial charge in [-0.15, -0.1) is 0 Å². The van der Waals surface area contributed by atoms with Crippen LogP contribution in [-0.2, 0) is 4.74 Å². The average molecular weight is 476 g/mol. The van der Waals surface area contributed by atoms with Gasteiger partial charge in [0.15, 0.2) is 5.13 Å². The first-order valence-corrected chi connectivity index (χ1v) is 12.4. The average Bonchev–Trinajstić information content (AvgIpc) is 3.19. The quantitative estimate of drug-likeness (QED) is 0.578. The van der Waals surface area contributed by atoms with Crippen LogP contribution >= 0.6 is 11.3 Å². The molecule has 0 bridgehead atoms. The van der Waals surface area contributed by atoms with Crippen molar-refractivity contribution in [3.8, 4) is 0 Å². The van der Waals surface area contributed by atoms with Gasteiger partial charge in [0.25, 0.3) is 0 Å². The number of carbonyl (C=O) groups is 1. The summed E-state index contributed by atoms with van der Waals surface area (Å²) in [6.45, 7) is 9.52. The van der Waals surface area contributed by atoms with Crippen LogP contribution in [0.5, 0.6) is 0 Å². The number of likely N-dealkylation sites (N-methyl/N-ethyl adjacent to an activating group) is 1. The van der Waals surface area contributed by atoms with Crippen molar-refractivity contribution in [2.75, 3.05) is 74.6 Å². The minimum atomic E-state index is -0.364. The number of hydrogen-bond donors (Lipinski definition) is 2. The van der Waals surface area contributed by atoms with Crippen LogP contribution in [0.1, 0.15) is 35.1 Å². The summed E-state index contributed by atoms with van der Waals surface area (Å²) >= 11 is 1.25. The number of aliphatic hydroxyl groups excluding tert-OH is 1. The van der Waals surface area contributed by atoms with E-state index in [2.05, 4.69) is 32.0 Å². The first kappa shape index (κ1) is 23.7. The van der Waals surface area contributed by atoms with E-state index in [9.17, 15) is 9.90 Å². The van der Waals surface area contributed by atoms with E-state index < -0.39 is 0 Å². The fourth-order valence-electron chi connectivity index (χ4n) is 4.19. The van der Waals surface area contributed by atoms with Gasteiger partial charge < -0.3 is 24.5 Å². The molecular formula is C22H33N7O3S. The number of ether oxygens (including phenoxy) is 1. The fourth-order valence-corrected chi connectivity index (χ4v) is 5.05. The Morgan fingerprint density at radius 2 is 1.91 bits per heavy atom. The van der Waals surface area contributed by atoms with Crippen LogP contribution in [0, 0.1) is 12.8 Å². The highest BCUT2D eigenvalue weighted by molar-refractivity contribution is 7.17. The van der Waals surface area contributed by atoms with Crippen LogP contribution < -0.4 is 15.1 Å². The molecule has 2 saturated heterocycles. The molecule has 2 fully saturated rings. The predicted molar refractivity (Wildman–Crippen MR) is 130 cm³/mol. The first-order chi connectivity index (χ1) is 16.0. The van der Waals surface area contributed by atoms with E-state index in [1.54, 1.807) is 13.8 Å². The standard InChI is InChI=1S/C22H33N7O3S/c1-4-32-20(31)19-15(2)23-22(33-19)26-21-24-17(28-10-8-27(3)9-11-28)12-18(25-21)29-7-5-6-16(13-29)14-30/h12,16,30H,4-11,13-14H2,1-3H3,(H,23,24,25,26).